The summed E-state index contributed by atoms with van der Waals surface area (Å²) in [4.78, 5) is 22.2. The number of nitrogens with zero attached hydrogens (tertiary/aromatic N) is 3. The highest BCUT2D eigenvalue weighted by Crippen LogP contribution is 2.26. The average molecular weight is 331 g/mol. The van der Waals surface area contributed by atoms with E-state index >= 15 is 0 Å². The van der Waals surface area contributed by atoms with Gasteiger partial charge in [-0.25, -0.2) is 4.98 Å². The number of carbonyl (C=O) groups is 1. The van der Waals surface area contributed by atoms with Crippen molar-refractivity contribution in [2.24, 2.45) is 5.16 Å². The van der Waals surface area contributed by atoms with Gasteiger partial charge in [0.1, 0.15) is 5.52 Å². The van der Waals surface area contributed by atoms with E-state index in [0.29, 0.717) is 23.2 Å². The van der Waals surface area contributed by atoms with Gasteiger partial charge >= 0.3 is 0 Å². The van der Waals surface area contributed by atoms with Gasteiger partial charge in [0.25, 0.3) is 0 Å². The molecule has 0 unspecified atom stereocenters. The highest BCUT2D eigenvalue weighted by Gasteiger charge is 2.37. The monoisotopic (exact) mass is 331 g/mol. The van der Waals surface area contributed by atoms with Crippen molar-refractivity contribution in [3.8, 4) is 6.07 Å². The zero-order valence-electron chi connectivity index (χ0n) is 13.1. The molecule has 6 nitrogen and oxygen atoms in total. The fourth-order valence-corrected chi connectivity index (χ4v) is 2.77. The largest absolute Gasteiger partial charge is 0.439 e. The molecule has 0 fully saturated rings. The third-order valence-corrected chi connectivity index (χ3v) is 4.06. The number of fused-ring (bicyclic) bond motifs is 1. The van der Waals surface area contributed by atoms with E-state index in [2.05, 4.69) is 10.1 Å². The van der Waals surface area contributed by atoms with Crippen molar-refractivity contribution in [1.29, 1.82) is 5.26 Å². The first kappa shape index (κ1) is 15.1. The topological polar surface area (TPSA) is 88.5 Å². The van der Waals surface area contributed by atoms with Crippen molar-refractivity contribution in [1.82, 2.24) is 4.98 Å². The van der Waals surface area contributed by atoms with Crippen LogP contribution in [0.3, 0.4) is 0 Å². The second-order valence-electron chi connectivity index (χ2n) is 5.69. The van der Waals surface area contributed by atoms with E-state index in [-0.39, 0.29) is 5.89 Å². The summed E-state index contributed by atoms with van der Waals surface area (Å²) < 4.78 is 5.57. The lowest BCUT2D eigenvalue weighted by atomic mass is 9.96. The van der Waals surface area contributed by atoms with Crippen molar-refractivity contribution >= 4 is 22.6 Å². The van der Waals surface area contributed by atoms with E-state index in [1.165, 1.54) is 0 Å². The summed E-state index contributed by atoms with van der Waals surface area (Å²) in [5.74, 6) is -1.43. The van der Waals surface area contributed by atoms with Gasteiger partial charge in [0.2, 0.25) is 11.7 Å². The molecule has 25 heavy (non-hydrogen) atoms. The second-order valence-corrected chi connectivity index (χ2v) is 5.69. The Bertz CT molecular complexity index is 968. The lowest BCUT2D eigenvalue weighted by Crippen LogP contribution is -2.26. The molecule has 0 amide bonds. The normalized spacial score (nSPS) is 17.6. The minimum Gasteiger partial charge on any atom is -0.439 e. The number of Topliss-reactive ketones (excluding diaryl/α,β-unsaturated/α-hetero) is 1. The Morgan fingerprint density at radius 3 is 2.68 bits per heavy atom. The number of oxazole rings is 1. The summed E-state index contributed by atoms with van der Waals surface area (Å²) in [5, 5.41) is 13.5. The fraction of sp³-hybridized carbons (Fsp3) is 0.158. The van der Waals surface area contributed by atoms with Gasteiger partial charge in [0.15, 0.2) is 17.6 Å². The van der Waals surface area contributed by atoms with Gasteiger partial charge < -0.3 is 9.25 Å². The Labute approximate surface area is 143 Å². The molecule has 0 radical (unpaired) electrons. The summed E-state index contributed by atoms with van der Waals surface area (Å²) in [6.07, 6.45) is -0.490. The number of ketones is 1. The number of oxime groups is 1. The van der Waals surface area contributed by atoms with Gasteiger partial charge in [0.05, 0.1) is 11.8 Å². The Morgan fingerprint density at radius 2 is 1.92 bits per heavy atom. The van der Waals surface area contributed by atoms with E-state index < -0.39 is 17.8 Å². The van der Waals surface area contributed by atoms with Gasteiger partial charge in [-0.3, -0.25) is 4.79 Å². The van der Waals surface area contributed by atoms with Crippen LogP contribution in [-0.4, -0.2) is 22.6 Å². The highest BCUT2D eigenvalue weighted by atomic mass is 16.6. The van der Waals surface area contributed by atoms with Gasteiger partial charge in [-0.2, -0.15) is 5.26 Å². The number of carbonyl (C=O) groups excluding carboxylic acids is 1. The van der Waals surface area contributed by atoms with Crippen molar-refractivity contribution < 1.29 is 14.0 Å². The van der Waals surface area contributed by atoms with Crippen molar-refractivity contribution in [3.63, 3.8) is 0 Å². The number of hydrogen-bond donors (Lipinski definition) is 0. The van der Waals surface area contributed by atoms with Gasteiger partial charge in [0, 0.05) is 6.42 Å². The first-order valence-electron chi connectivity index (χ1n) is 7.83. The van der Waals surface area contributed by atoms with E-state index in [4.69, 9.17) is 9.25 Å². The van der Waals surface area contributed by atoms with E-state index in [0.717, 1.165) is 5.56 Å². The standard InChI is InChI=1S/C19H13N3O3/c20-11-13(19-21-14-8-4-5-9-16(14)24-19)18(23)17-10-15(22-25-17)12-6-2-1-3-7-12/h1-9,13,17H,10H2/t13-,17+/m0/s1. The molecule has 0 spiro atoms. The molecule has 0 aliphatic carbocycles. The molecule has 0 N–H and O–H groups in total. The molecule has 1 aromatic heterocycles. The molecule has 0 bridgehead atoms. The second kappa shape index (κ2) is 6.21. The maximum atomic E-state index is 12.7. The number of benzene rings is 2. The summed E-state index contributed by atoms with van der Waals surface area (Å²) >= 11 is 0. The number of aromatic nitrogens is 1. The Kier molecular flexibility index (Phi) is 3.75. The van der Waals surface area contributed by atoms with Crippen LogP contribution in [0.15, 0.2) is 64.2 Å². The molecule has 2 atom stereocenters. The van der Waals surface area contributed by atoms with Gasteiger partial charge in [-0.05, 0) is 17.7 Å². The van der Waals surface area contributed by atoms with Crippen LogP contribution in [0.25, 0.3) is 11.1 Å². The molecular weight excluding hydrogens is 318 g/mol. The van der Waals surface area contributed by atoms with Crippen LogP contribution in [0.2, 0.25) is 0 Å². The Balaban J connectivity index is 1.55. The lowest BCUT2D eigenvalue weighted by molar-refractivity contribution is -0.129. The minimum atomic E-state index is -1.12. The van der Waals surface area contributed by atoms with Gasteiger partial charge in [-0.15, -0.1) is 0 Å². The molecule has 2 heterocycles. The van der Waals surface area contributed by atoms with Crippen LogP contribution in [-0.2, 0) is 9.63 Å². The molecule has 1 aliphatic heterocycles. The number of hydrogen-bond acceptors (Lipinski definition) is 6. The van der Waals surface area contributed by atoms with Crippen LogP contribution in [0.4, 0.5) is 0 Å². The van der Waals surface area contributed by atoms with Crippen molar-refractivity contribution in [2.75, 3.05) is 0 Å². The predicted molar refractivity (Wildman–Crippen MR) is 89.8 cm³/mol. The number of nitriles is 1. The molecular formula is C19H13N3O3. The van der Waals surface area contributed by atoms with Crippen LogP contribution in [0, 0.1) is 11.3 Å². The molecule has 6 heteroatoms. The summed E-state index contributed by atoms with van der Waals surface area (Å²) in [5.41, 5.74) is 2.74. The smallest absolute Gasteiger partial charge is 0.220 e. The maximum Gasteiger partial charge on any atom is 0.220 e. The highest BCUT2D eigenvalue weighted by molar-refractivity contribution is 6.05. The van der Waals surface area contributed by atoms with E-state index in [9.17, 15) is 10.1 Å². The molecule has 0 saturated carbocycles. The molecule has 0 saturated heterocycles. The average Bonchev–Trinajstić information content (AvgIpc) is 3.30. The first-order chi connectivity index (χ1) is 12.3. The third kappa shape index (κ3) is 2.76. The van der Waals surface area contributed by atoms with E-state index in [1.54, 1.807) is 18.2 Å². The fourth-order valence-electron chi connectivity index (χ4n) is 2.77. The zero-order chi connectivity index (χ0) is 17.2. The molecule has 1 aliphatic rings. The summed E-state index contributed by atoms with van der Waals surface area (Å²) in [6.45, 7) is 0. The molecule has 2 aromatic carbocycles. The summed E-state index contributed by atoms with van der Waals surface area (Å²) in [7, 11) is 0. The van der Waals surface area contributed by atoms with Crippen LogP contribution in [0.1, 0.15) is 23.8 Å². The van der Waals surface area contributed by atoms with Crippen molar-refractivity contribution in [3.05, 3.63) is 66.1 Å². The lowest BCUT2D eigenvalue weighted by Gasteiger charge is -2.09. The predicted octanol–water partition coefficient (Wildman–Crippen LogP) is 3.20. The molecule has 3 aromatic rings. The molecule has 4 rings (SSSR count). The first-order valence-corrected chi connectivity index (χ1v) is 7.83. The Hall–Kier alpha value is -3.46. The SMILES string of the molecule is N#C[C@@H](C(=O)[C@H]1CC(c2ccccc2)=NO1)c1nc2ccccc2o1. The van der Waals surface area contributed by atoms with E-state index in [1.807, 2.05) is 42.5 Å². The number of rotatable bonds is 4. The van der Waals surface area contributed by atoms with Gasteiger partial charge in [-0.1, -0.05) is 47.6 Å². The number of para-hydroxylation sites is 2. The summed E-state index contributed by atoms with van der Waals surface area (Å²) in [6, 6.07) is 18.6. The zero-order valence-corrected chi connectivity index (χ0v) is 13.1. The van der Waals surface area contributed by atoms with Crippen molar-refractivity contribution in [2.45, 2.75) is 18.4 Å². The minimum absolute atomic E-state index is 0.0884. The molecule has 122 valence electrons. The quantitative estimate of drug-likeness (QED) is 0.732. The van der Waals surface area contributed by atoms with Crippen LogP contribution >= 0.6 is 0 Å². The maximum absolute atomic E-state index is 12.7. The van der Waals surface area contributed by atoms with Crippen LogP contribution in [0.5, 0.6) is 0 Å². The van der Waals surface area contributed by atoms with Crippen LogP contribution < -0.4 is 0 Å². The third-order valence-electron chi connectivity index (χ3n) is 4.06. The Morgan fingerprint density at radius 1 is 1.16 bits per heavy atom.